The van der Waals surface area contributed by atoms with Crippen molar-refractivity contribution in [2.75, 3.05) is 11.4 Å². The Morgan fingerprint density at radius 2 is 1.53 bits per heavy atom. The summed E-state index contributed by atoms with van der Waals surface area (Å²) in [5.74, 6) is 0.982. The highest BCUT2D eigenvalue weighted by Crippen LogP contribution is 2.38. The Balaban J connectivity index is 1.56. The normalized spacial score (nSPS) is 13.3. The number of benzene rings is 3. The Bertz CT molecular complexity index is 1410. The summed E-state index contributed by atoms with van der Waals surface area (Å²) in [7, 11) is 0. The van der Waals surface area contributed by atoms with Gasteiger partial charge in [0.1, 0.15) is 12.1 Å². The second-order valence-corrected chi connectivity index (χ2v) is 8.53. The van der Waals surface area contributed by atoms with Crippen LogP contribution in [0.25, 0.3) is 27.8 Å². The smallest absolute Gasteiger partial charge is 0.150 e. The summed E-state index contributed by atoms with van der Waals surface area (Å²) in [6.45, 7) is 1.78. The molecule has 0 atom stereocenters. The summed E-state index contributed by atoms with van der Waals surface area (Å²) >= 11 is 6.14. The van der Waals surface area contributed by atoms with E-state index in [2.05, 4.69) is 64.2 Å². The van der Waals surface area contributed by atoms with E-state index in [1.807, 2.05) is 30.3 Å². The molecule has 0 N–H and O–H groups in total. The SMILES string of the molecule is Clc1ccc(-n2cc(-c3ccccc3)c3c(N4CCc5ccccc5C4)ncnc32)cc1. The van der Waals surface area contributed by atoms with Gasteiger partial charge in [-0.3, -0.25) is 0 Å². The van der Waals surface area contributed by atoms with Crippen molar-refractivity contribution in [2.24, 2.45) is 0 Å². The first-order chi connectivity index (χ1) is 15.8. The molecule has 0 unspecified atom stereocenters. The van der Waals surface area contributed by atoms with Crippen LogP contribution in [0.5, 0.6) is 0 Å². The van der Waals surface area contributed by atoms with E-state index in [4.69, 9.17) is 21.6 Å². The van der Waals surface area contributed by atoms with Crippen LogP contribution in [0.1, 0.15) is 11.1 Å². The highest BCUT2D eigenvalue weighted by Gasteiger charge is 2.23. The highest BCUT2D eigenvalue weighted by atomic mass is 35.5. The quantitative estimate of drug-likeness (QED) is 0.332. The van der Waals surface area contributed by atoms with Crippen LogP contribution in [0.3, 0.4) is 0 Å². The van der Waals surface area contributed by atoms with Gasteiger partial charge >= 0.3 is 0 Å². The third-order valence-corrected chi connectivity index (χ3v) is 6.43. The number of aromatic nitrogens is 3. The van der Waals surface area contributed by atoms with E-state index < -0.39 is 0 Å². The van der Waals surface area contributed by atoms with Crippen molar-refractivity contribution < 1.29 is 0 Å². The molecule has 0 aliphatic carbocycles. The third kappa shape index (κ3) is 3.24. The maximum Gasteiger partial charge on any atom is 0.150 e. The van der Waals surface area contributed by atoms with Crippen molar-refractivity contribution in [3.05, 3.63) is 108 Å². The van der Waals surface area contributed by atoms with Gasteiger partial charge in [-0.2, -0.15) is 0 Å². The molecule has 3 heterocycles. The molecule has 5 aromatic rings. The third-order valence-electron chi connectivity index (χ3n) is 6.18. The summed E-state index contributed by atoms with van der Waals surface area (Å²) in [4.78, 5) is 11.9. The van der Waals surface area contributed by atoms with E-state index in [9.17, 15) is 0 Å². The number of halogens is 1. The predicted octanol–water partition coefficient (Wildman–Crippen LogP) is 6.30. The zero-order valence-corrected chi connectivity index (χ0v) is 18.2. The number of hydrogen-bond donors (Lipinski definition) is 0. The second kappa shape index (κ2) is 7.81. The molecule has 1 aliphatic rings. The van der Waals surface area contributed by atoms with Crippen LogP contribution in [0.2, 0.25) is 5.02 Å². The Labute approximate surface area is 191 Å². The van der Waals surface area contributed by atoms with Gasteiger partial charge in [0.2, 0.25) is 0 Å². The van der Waals surface area contributed by atoms with E-state index >= 15 is 0 Å². The van der Waals surface area contributed by atoms with Gasteiger partial charge in [-0.25, -0.2) is 9.97 Å². The molecular weight excluding hydrogens is 416 g/mol. The van der Waals surface area contributed by atoms with E-state index in [1.165, 1.54) is 11.1 Å². The molecule has 0 bridgehead atoms. The standard InChI is InChI=1S/C27H21ClN4/c28-22-10-12-23(13-11-22)32-17-24(20-7-2-1-3-8-20)25-26(29-18-30-27(25)32)31-15-14-19-6-4-5-9-21(19)16-31/h1-13,17-18H,14-16H2. The fourth-order valence-corrected chi connectivity index (χ4v) is 4.72. The first-order valence-corrected chi connectivity index (χ1v) is 11.1. The van der Waals surface area contributed by atoms with Crippen LogP contribution < -0.4 is 4.90 Å². The molecule has 0 saturated carbocycles. The largest absolute Gasteiger partial charge is 0.351 e. The Morgan fingerprint density at radius 1 is 0.781 bits per heavy atom. The maximum absolute atomic E-state index is 6.14. The zero-order valence-electron chi connectivity index (χ0n) is 17.4. The van der Waals surface area contributed by atoms with Crippen molar-refractivity contribution >= 4 is 28.5 Å². The zero-order chi connectivity index (χ0) is 21.5. The van der Waals surface area contributed by atoms with Gasteiger partial charge in [0.25, 0.3) is 0 Å². The summed E-state index contributed by atoms with van der Waals surface area (Å²) in [5, 5.41) is 1.80. The Kier molecular flexibility index (Phi) is 4.66. The van der Waals surface area contributed by atoms with Crippen LogP contribution >= 0.6 is 11.6 Å². The highest BCUT2D eigenvalue weighted by molar-refractivity contribution is 6.30. The molecule has 0 amide bonds. The summed E-state index contributed by atoms with van der Waals surface area (Å²) in [6.07, 6.45) is 4.86. The monoisotopic (exact) mass is 436 g/mol. The van der Waals surface area contributed by atoms with Gasteiger partial charge in [0, 0.05) is 35.6 Å². The van der Waals surface area contributed by atoms with Gasteiger partial charge in [-0.15, -0.1) is 0 Å². The fourth-order valence-electron chi connectivity index (χ4n) is 4.60. The lowest BCUT2D eigenvalue weighted by Gasteiger charge is -2.30. The summed E-state index contributed by atoms with van der Waals surface area (Å²) in [5.41, 5.74) is 6.99. The van der Waals surface area contributed by atoms with Crippen LogP contribution in [-0.4, -0.2) is 21.1 Å². The van der Waals surface area contributed by atoms with Gasteiger partial charge in [-0.1, -0.05) is 66.2 Å². The van der Waals surface area contributed by atoms with Crippen LogP contribution in [0.4, 0.5) is 5.82 Å². The number of rotatable bonds is 3. The molecule has 4 nitrogen and oxygen atoms in total. The molecule has 0 spiro atoms. The maximum atomic E-state index is 6.14. The van der Waals surface area contributed by atoms with Crippen molar-refractivity contribution in [3.8, 4) is 16.8 Å². The van der Waals surface area contributed by atoms with Crippen molar-refractivity contribution in [1.82, 2.24) is 14.5 Å². The van der Waals surface area contributed by atoms with Crippen molar-refractivity contribution in [2.45, 2.75) is 13.0 Å². The van der Waals surface area contributed by atoms with Crippen molar-refractivity contribution in [3.63, 3.8) is 0 Å². The molecule has 2 aromatic heterocycles. The van der Waals surface area contributed by atoms with Gasteiger partial charge in [0.15, 0.2) is 5.65 Å². The minimum atomic E-state index is 0.718. The first kappa shape index (κ1) is 19.1. The van der Waals surface area contributed by atoms with Crippen LogP contribution in [0.15, 0.2) is 91.4 Å². The number of fused-ring (bicyclic) bond motifs is 2. The molecule has 0 saturated heterocycles. The molecule has 0 fully saturated rings. The Hall–Kier alpha value is -3.63. The molecule has 6 rings (SSSR count). The van der Waals surface area contributed by atoms with Crippen LogP contribution in [-0.2, 0) is 13.0 Å². The molecule has 5 heteroatoms. The van der Waals surface area contributed by atoms with Gasteiger partial charge in [0.05, 0.1) is 5.39 Å². The number of anilines is 1. The Morgan fingerprint density at radius 3 is 2.34 bits per heavy atom. The second-order valence-electron chi connectivity index (χ2n) is 8.09. The number of nitrogens with zero attached hydrogens (tertiary/aromatic N) is 4. The molecule has 0 radical (unpaired) electrons. The van der Waals surface area contributed by atoms with Gasteiger partial charge < -0.3 is 9.47 Å². The molecule has 3 aromatic carbocycles. The average molecular weight is 437 g/mol. The molecule has 156 valence electrons. The summed E-state index contributed by atoms with van der Waals surface area (Å²) < 4.78 is 2.14. The van der Waals surface area contributed by atoms with Crippen molar-refractivity contribution in [1.29, 1.82) is 0 Å². The minimum Gasteiger partial charge on any atom is -0.351 e. The topological polar surface area (TPSA) is 34.0 Å². The molecule has 32 heavy (non-hydrogen) atoms. The average Bonchev–Trinajstić information content (AvgIpc) is 3.25. The number of hydrogen-bond acceptors (Lipinski definition) is 3. The fraction of sp³-hybridized carbons (Fsp3) is 0.111. The lowest BCUT2D eigenvalue weighted by molar-refractivity contribution is 0.723. The van der Waals surface area contributed by atoms with Crippen LogP contribution in [0, 0.1) is 0 Å². The molecular formula is C27H21ClN4. The summed E-state index contributed by atoms with van der Waals surface area (Å²) in [6, 6.07) is 27.0. The lowest BCUT2D eigenvalue weighted by atomic mass is 9.99. The van der Waals surface area contributed by atoms with E-state index in [1.54, 1.807) is 6.33 Å². The molecule has 1 aliphatic heterocycles. The predicted molar refractivity (Wildman–Crippen MR) is 131 cm³/mol. The van der Waals surface area contributed by atoms with Gasteiger partial charge in [-0.05, 0) is 47.4 Å². The van der Waals surface area contributed by atoms with E-state index in [-0.39, 0.29) is 0 Å². The van der Waals surface area contributed by atoms with E-state index in [0.717, 1.165) is 58.2 Å². The minimum absolute atomic E-state index is 0.718. The lowest BCUT2D eigenvalue weighted by Crippen LogP contribution is -2.31. The first-order valence-electron chi connectivity index (χ1n) is 10.8. The van der Waals surface area contributed by atoms with E-state index in [0.29, 0.717) is 0 Å².